The number of hydrogen-bond acceptors (Lipinski definition) is 3. The second kappa shape index (κ2) is 5.86. The molecule has 0 radical (unpaired) electrons. The molecule has 0 aromatic carbocycles. The van der Waals surface area contributed by atoms with Crippen molar-refractivity contribution in [1.82, 2.24) is 15.1 Å². The Morgan fingerprint density at radius 2 is 2.25 bits per heavy atom. The predicted molar refractivity (Wildman–Crippen MR) is 79.7 cm³/mol. The second-order valence-electron chi connectivity index (χ2n) is 6.57. The molecule has 4 heteroatoms. The zero-order chi connectivity index (χ0) is 14.0. The molecular weight excluding hydrogens is 250 g/mol. The highest BCUT2D eigenvalue weighted by Gasteiger charge is 2.38. The van der Waals surface area contributed by atoms with Crippen molar-refractivity contribution >= 4 is 0 Å². The third kappa shape index (κ3) is 2.77. The van der Waals surface area contributed by atoms with E-state index in [1.165, 1.54) is 25.7 Å². The fourth-order valence-electron chi connectivity index (χ4n) is 3.89. The largest absolute Gasteiger partial charge is 0.389 e. The Morgan fingerprint density at radius 3 is 3.00 bits per heavy atom. The smallest absolute Gasteiger partial charge is 0.0755 e. The van der Waals surface area contributed by atoms with Gasteiger partial charge in [0.1, 0.15) is 0 Å². The lowest BCUT2D eigenvalue weighted by Crippen LogP contribution is -2.51. The summed E-state index contributed by atoms with van der Waals surface area (Å²) >= 11 is 0. The topological polar surface area (TPSA) is 50.1 Å². The third-order valence-corrected chi connectivity index (χ3v) is 5.23. The van der Waals surface area contributed by atoms with Gasteiger partial charge < -0.3 is 10.4 Å². The normalized spacial score (nSPS) is 31.8. The van der Waals surface area contributed by atoms with Crippen LogP contribution in [-0.2, 0) is 6.42 Å². The SMILES string of the molecule is CCC1CNCCC1(O)Cc1ccn(C2CCCC2)n1. The van der Waals surface area contributed by atoms with E-state index >= 15 is 0 Å². The van der Waals surface area contributed by atoms with Crippen molar-refractivity contribution in [2.45, 2.75) is 63.5 Å². The first-order chi connectivity index (χ1) is 9.71. The van der Waals surface area contributed by atoms with E-state index in [2.05, 4.69) is 29.2 Å². The van der Waals surface area contributed by atoms with Crippen molar-refractivity contribution in [3.63, 3.8) is 0 Å². The van der Waals surface area contributed by atoms with Crippen molar-refractivity contribution in [3.05, 3.63) is 18.0 Å². The molecule has 2 fully saturated rings. The summed E-state index contributed by atoms with van der Waals surface area (Å²) in [4.78, 5) is 0. The standard InChI is InChI=1S/C16H27N3O/c1-2-13-12-17-9-8-16(13,20)11-14-7-10-19(18-14)15-5-3-4-6-15/h7,10,13,15,17,20H,2-6,8-9,11-12H2,1H3. The summed E-state index contributed by atoms with van der Waals surface area (Å²) in [6.45, 7) is 4.01. The molecular formula is C16H27N3O. The maximum Gasteiger partial charge on any atom is 0.0755 e. The van der Waals surface area contributed by atoms with Gasteiger partial charge in [-0.3, -0.25) is 4.68 Å². The van der Waals surface area contributed by atoms with Crippen LogP contribution in [0.2, 0.25) is 0 Å². The molecule has 4 nitrogen and oxygen atoms in total. The Labute approximate surface area is 121 Å². The van der Waals surface area contributed by atoms with E-state index in [0.717, 1.165) is 31.6 Å². The lowest BCUT2D eigenvalue weighted by atomic mass is 9.77. The summed E-state index contributed by atoms with van der Waals surface area (Å²) in [6.07, 6.45) is 9.83. The molecule has 0 amide bonds. The highest BCUT2D eigenvalue weighted by Crippen LogP contribution is 2.32. The van der Waals surface area contributed by atoms with Gasteiger partial charge in [-0.05, 0) is 38.3 Å². The van der Waals surface area contributed by atoms with Crippen LogP contribution in [0.3, 0.4) is 0 Å². The first kappa shape index (κ1) is 14.1. The van der Waals surface area contributed by atoms with Gasteiger partial charge in [0.2, 0.25) is 0 Å². The predicted octanol–water partition coefficient (Wildman–Crippen LogP) is 2.29. The fraction of sp³-hybridized carbons (Fsp3) is 0.812. The quantitative estimate of drug-likeness (QED) is 0.888. The minimum Gasteiger partial charge on any atom is -0.389 e. The van der Waals surface area contributed by atoms with Crippen LogP contribution in [0.5, 0.6) is 0 Å². The van der Waals surface area contributed by atoms with Gasteiger partial charge in [0.15, 0.2) is 0 Å². The lowest BCUT2D eigenvalue weighted by Gasteiger charge is -2.39. The number of aliphatic hydroxyl groups is 1. The van der Waals surface area contributed by atoms with Gasteiger partial charge in [0, 0.05) is 25.1 Å². The van der Waals surface area contributed by atoms with Gasteiger partial charge in [-0.2, -0.15) is 5.10 Å². The average molecular weight is 277 g/mol. The molecule has 2 atom stereocenters. The Balaban J connectivity index is 1.70. The van der Waals surface area contributed by atoms with Crippen LogP contribution in [0.4, 0.5) is 0 Å². The molecule has 1 saturated heterocycles. The number of rotatable bonds is 4. The maximum atomic E-state index is 11.0. The molecule has 1 saturated carbocycles. The van der Waals surface area contributed by atoms with Crippen molar-refractivity contribution in [2.24, 2.45) is 5.92 Å². The molecule has 1 aliphatic carbocycles. The fourth-order valence-corrected chi connectivity index (χ4v) is 3.89. The van der Waals surface area contributed by atoms with Crippen LogP contribution in [0.1, 0.15) is 57.2 Å². The Morgan fingerprint density at radius 1 is 1.45 bits per heavy atom. The first-order valence-electron chi connectivity index (χ1n) is 8.18. The number of nitrogens with one attached hydrogen (secondary N) is 1. The van der Waals surface area contributed by atoms with Gasteiger partial charge in [0.25, 0.3) is 0 Å². The summed E-state index contributed by atoms with van der Waals surface area (Å²) < 4.78 is 2.13. The van der Waals surface area contributed by atoms with Crippen LogP contribution < -0.4 is 5.32 Å². The Hall–Kier alpha value is -0.870. The summed E-state index contributed by atoms with van der Waals surface area (Å²) in [5.74, 6) is 0.341. The Kier molecular flexibility index (Phi) is 4.13. The van der Waals surface area contributed by atoms with E-state index in [-0.39, 0.29) is 0 Å². The third-order valence-electron chi connectivity index (χ3n) is 5.23. The van der Waals surface area contributed by atoms with Gasteiger partial charge in [-0.15, -0.1) is 0 Å². The van der Waals surface area contributed by atoms with E-state index in [0.29, 0.717) is 18.4 Å². The van der Waals surface area contributed by atoms with Crippen molar-refractivity contribution in [2.75, 3.05) is 13.1 Å². The molecule has 1 aliphatic heterocycles. The van der Waals surface area contributed by atoms with Gasteiger partial charge in [0.05, 0.1) is 17.3 Å². The van der Waals surface area contributed by atoms with E-state index in [1.807, 2.05) is 0 Å². The molecule has 2 aliphatic rings. The van der Waals surface area contributed by atoms with Crippen molar-refractivity contribution in [3.8, 4) is 0 Å². The van der Waals surface area contributed by atoms with Crippen LogP contribution in [0.15, 0.2) is 12.3 Å². The molecule has 3 rings (SSSR count). The highest BCUT2D eigenvalue weighted by molar-refractivity contribution is 5.07. The molecule has 0 bridgehead atoms. The zero-order valence-corrected chi connectivity index (χ0v) is 12.5. The van der Waals surface area contributed by atoms with E-state index in [9.17, 15) is 5.11 Å². The van der Waals surface area contributed by atoms with Crippen LogP contribution >= 0.6 is 0 Å². The molecule has 112 valence electrons. The molecule has 0 spiro atoms. The van der Waals surface area contributed by atoms with Crippen LogP contribution in [0, 0.1) is 5.92 Å². The van der Waals surface area contributed by atoms with E-state index < -0.39 is 5.60 Å². The van der Waals surface area contributed by atoms with Crippen LogP contribution in [0.25, 0.3) is 0 Å². The maximum absolute atomic E-state index is 11.0. The van der Waals surface area contributed by atoms with Gasteiger partial charge in [-0.25, -0.2) is 0 Å². The van der Waals surface area contributed by atoms with Gasteiger partial charge >= 0.3 is 0 Å². The Bertz CT molecular complexity index is 439. The lowest BCUT2D eigenvalue weighted by molar-refractivity contribution is -0.0422. The van der Waals surface area contributed by atoms with Gasteiger partial charge in [-0.1, -0.05) is 19.8 Å². The molecule has 2 N–H and O–H groups in total. The minimum absolute atomic E-state index is 0.341. The number of aromatic nitrogens is 2. The summed E-state index contributed by atoms with van der Waals surface area (Å²) in [5, 5.41) is 19.1. The number of hydrogen-bond donors (Lipinski definition) is 2. The van der Waals surface area contributed by atoms with Crippen molar-refractivity contribution < 1.29 is 5.11 Å². The monoisotopic (exact) mass is 277 g/mol. The van der Waals surface area contributed by atoms with Crippen molar-refractivity contribution in [1.29, 1.82) is 0 Å². The number of nitrogens with zero attached hydrogens (tertiary/aromatic N) is 2. The molecule has 20 heavy (non-hydrogen) atoms. The summed E-state index contributed by atoms with van der Waals surface area (Å²) in [5.41, 5.74) is 0.481. The molecule has 2 unspecified atom stereocenters. The highest BCUT2D eigenvalue weighted by atomic mass is 16.3. The minimum atomic E-state index is -0.575. The molecule has 1 aromatic heterocycles. The van der Waals surface area contributed by atoms with E-state index in [4.69, 9.17) is 5.10 Å². The zero-order valence-electron chi connectivity index (χ0n) is 12.5. The summed E-state index contributed by atoms with van der Waals surface area (Å²) in [7, 11) is 0. The molecule has 1 aromatic rings. The number of piperidine rings is 1. The van der Waals surface area contributed by atoms with Crippen LogP contribution in [-0.4, -0.2) is 33.6 Å². The second-order valence-corrected chi connectivity index (χ2v) is 6.57. The van der Waals surface area contributed by atoms with E-state index in [1.54, 1.807) is 0 Å². The summed E-state index contributed by atoms with van der Waals surface area (Å²) in [6, 6.07) is 2.69. The molecule has 2 heterocycles. The first-order valence-corrected chi connectivity index (χ1v) is 8.18. The average Bonchev–Trinajstić information content (AvgIpc) is 3.09.